The maximum absolute atomic E-state index is 11.6. The SMILES string of the molecule is CCN(CC(C)(C)O)c1ccc(C(=O)NC)cc1[N+](=O)[O-]. The summed E-state index contributed by atoms with van der Waals surface area (Å²) in [7, 11) is 1.47. The van der Waals surface area contributed by atoms with Gasteiger partial charge in [-0.15, -0.1) is 0 Å². The van der Waals surface area contributed by atoms with Crippen LogP contribution in [0.2, 0.25) is 0 Å². The zero-order valence-electron chi connectivity index (χ0n) is 12.7. The Morgan fingerprint density at radius 3 is 2.52 bits per heavy atom. The molecular weight excluding hydrogens is 274 g/mol. The second kappa shape index (κ2) is 6.53. The van der Waals surface area contributed by atoms with Gasteiger partial charge in [0.2, 0.25) is 0 Å². The van der Waals surface area contributed by atoms with E-state index in [2.05, 4.69) is 5.32 Å². The number of hydrogen-bond acceptors (Lipinski definition) is 5. The smallest absolute Gasteiger partial charge is 0.293 e. The minimum atomic E-state index is -0.983. The minimum Gasteiger partial charge on any atom is -0.389 e. The average molecular weight is 295 g/mol. The lowest BCUT2D eigenvalue weighted by Gasteiger charge is -2.29. The van der Waals surface area contributed by atoms with Crippen molar-refractivity contribution in [2.24, 2.45) is 0 Å². The number of hydrogen-bond donors (Lipinski definition) is 2. The second-order valence-corrected chi connectivity index (χ2v) is 5.37. The molecule has 1 rings (SSSR count). The predicted octanol–water partition coefficient (Wildman–Crippen LogP) is 1.55. The number of carbonyl (C=O) groups is 1. The first-order valence-electron chi connectivity index (χ1n) is 6.67. The van der Waals surface area contributed by atoms with Crippen molar-refractivity contribution in [2.75, 3.05) is 25.0 Å². The fourth-order valence-corrected chi connectivity index (χ4v) is 2.06. The summed E-state index contributed by atoms with van der Waals surface area (Å²) in [5.74, 6) is -0.379. The molecule has 1 amide bonds. The number of aliphatic hydroxyl groups is 1. The van der Waals surface area contributed by atoms with E-state index in [0.717, 1.165) is 0 Å². The van der Waals surface area contributed by atoms with Gasteiger partial charge in [0.1, 0.15) is 5.69 Å². The van der Waals surface area contributed by atoms with Crippen molar-refractivity contribution in [3.8, 4) is 0 Å². The van der Waals surface area contributed by atoms with Crippen LogP contribution >= 0.6 is 0 Å². The first-order chi connectivity index (χ1) is 9.69. The standard InChI is InChI=1S/C14H21N3O4/c1-5-16(9-14(2,3)19)11-7-6-10(13(18)15-4)8-12(11)17(20)21/h6-8,19H,5,9H2,1-4H3,(H,15,18). The minimum absolute atomic E-state index is 0.151. The zero-order valence-corrected chi connectivity index (χ0v) is 12.7. The molecule has 116 valence electrons. The van der Waals surface area contributed by atoms with Gasteiger partial charge in [-0.1, -0.05) is 0 Å². The van der Waals surface area contributed by atoms with E-state index in [0.29, 0.717) is 12.2 Å². The summed E-state index contributed by atoms with van der Waals surface area (Å²) in [5.41, 5.74) is -0.518. The molecule has 0 aliphatic carbocycles. The second-order valence-electron chi connectivity index (χ2n) is 5.37. The quantitative estimate of drug-likeness (QED) is 0.613. The van der Waals surface area contributed by atoms with E-state index >= 15 is 0 Å². The Labute approximate surface area is 123 Å². The molecule has 0 heterocycles. The first-order valence-corrected chi connectivity index (χ1v) is 6.67. The van der Waals surface area contributed by atoms with Crippen molar-refractivity contribution < 1.29 is 14.8 Å². The van der Waals surface area contributed by atoms with Gasteiger partial charge in [-0.05, 0) is 32.9 Å². The summed E-state index contributed by atoms with van der Waals surface area (Å²) in [6, 6.07) is 4.33. The molecule has 0 radical (unpaired) electrons. The molecule has 21 heavy (non-hydrogen) atoms. The predicted molar refractivity (Wildman–Crippen MR) is 80.7 cm³/mol. The number of anilines is 1. The van der Waals surface area contributed by atoms with Gasteiger partial charge < -0.3 is 15.3 Å². The number of carbonyl (C=O) groups excluding carboxylic acids is 1. The van der Waals surface area contributed by atoms with E-state index in [1.807, 2.05) is 6.92 Å². The fraction of sp³-hybridized carbons (Fsp3) is 0.500. The molecule has 0 atom stereocenters. The van der Waals surface area contributed by atoms with Gasteiger partial charge in [-0.25, -0.2) is 0 Å². The Bertz CT molecular complexity index is 538. The van der Waals surface area contributed by atoms with Crippen LogP contribution in [0.25, 0.3) is 0 Å². The molecule has 0 spiro atoms. The van der Waals surface area contributed by atoms with Crippen LogP contribution in [0.5, 0.6) is 0 Å². The van der Waals surface area contributed by atoms with Crippen LogP contribution < -0.4 is 10.2 Å². The molecule has 0 bridgehead atoms. The Morgan fingerprint density at radius 2 is 2.10 bits per heavy atom. The Morgan fingerprint density at radius 1 is 1.48 bits per heavy atom. The highest BCUT2D eigenvalue weighted by Gasteiger charge is 2.24. The highest BCUT2D eigenvalue weighted by Crippen LogP contribution is 2.30. The number of benzene rings is 1. The Kier molecular flexibility index (Phi) is 5.26. The number of rotatable bonds is 6. The van der Waals surface area contributed by atoms with Crippen molar-refractivity contribution >= 4 is 17.3 Å². The molecule has 7 heteroatoms. The number of nitrogens with zero attached hydrogens (tertiary/aromatic N) is 2. The van der Waals surface area contributed by atoms with Crippen molar-refractivity contribution in [1.29, 1.82) is 0 Å². The summed E-state index contributed by atoms with van der Waals surface area (Å²) in [6.45, 7) is 5.89. The van der Waals surface area contributed by atoms with Gasteiger partial charge in [0.15, 0.2) is 0 Å². The van der Waals surface area contributed by atoms with E-state index in [1.54, 1.807) is 18.7 Å². The van der Waals surface area contributed by atoms with Gasteiger partial charge in [0, 0.05) is 31.8 Å². The molecule has 0 aromatic heterocycles. The maximum Gasteiger partial charge on any atom is 0.293 e. The molecule has 0 unspecified atom stereocenters. The zero-order chi connectivity index (χ0) is 16.2. The lowest BCUT2D eigenvalue weighted by atomic mass is 10.1. The van der Waals surface area contributed by atoms with Crippen molar-refractivity contribution in [2.45, 2.75) is 26.4 Å². The first kappa shape index (κ1) is 16.9. The summed E-state index contributed by atoms with van der Waals surface area (Å²) < 4.78 is 0. The van der Waals surface area contributed by atoms with Crippen LogP contribution in [0.3, 0.4) is 0 Å². The molecule has 1 aromatic rings. The summed E-state index contributed by atoms with van der Waals surface area (Å²) >= 11 is 0. The van der Waals surface area contributed by atoms with E-state index in [9.17, 15) is 20.0 Å². The van der Waals surface area contributed by atoms with Crippen molar-refractivity contribution in [3.63, 3.8) is 0 Å². The maximum atomic E-state index is 11.6. The highest BCUT2D eigenvalue weighted by molar-refractivity contribution is 5.95. The van der Waals surface area contributed by atoms with Crippen LogP contribution in [-0.4, -0.2) is 41.7 Å². The number of nitro groups is 1. The highest BCUT2D eigenvalue weighted by atomic mass is 16.6. The van der Waals surface area contributed by atoms with Crippen LogP contribution in [0.1, 0.15) is 31.1 Å². The Balaban J connectivity index is 3.28. The van der Waals surface area contributed by atoms with Gasteiger partial charge in [-0.2, -0.15) is 0 Å². The van der Waals surface area contributed by atoms with Gasteiger partial charge in [0.05, 0.1) is 10.5 Å². The number of nitro benzene ring substituents is 1. The van der Waals surface area contributed by atoms with Gasteiger partial charge >= 0.3 is 0 Å². The summed E-state index contributed by atoms with van der Waals surface area (Å²) in [6.07, 6.45) is 0. The van der Waals surface area contributed by atoms with Crippen LogP contribution in [0.4, 0.5) is 11.4 Å². The summed E-state index contributed by atoms with van der Waals surface area (Å²) in [5, 5.41) is 23.6. The van der Waals surface area contributed by atoms with E-state index < -0.39 is 10.5 Å². The molecular formula is C14H21N3O4. The number of likely N-dealkylation sites (N-methyl/N-ethyl adjacent to an activating group) is 1. The van der Waals surface area contributed by atoms with Gasteiger partial charge in [0.25, 0.3) is 11.6 Å². The normalized spacial score (nSPS) is 11.1. The fourth-order valence-electron chi connectivity index (χ4n) is 2.06. The van der Waals surface area contributed by atoms with Crippen molar-refractivity contribution in [1.82, 2.24) is 5.32 Å². The van der Waals surface area contributed by atoms with Crippen molar-refractivity contribution in [3.05, 3.63) is 33.9 Å². The van der Waals surface area contributed by atoms with E-state index in [-0.39, 0.29) is 23.7 Å². The van der Waals surface area contributed by atoms with E-state index in [1.165, 1.54) is 25.2 Å². The lowest BCUT2D eigenvalue weighted by molar-refractivity contribution is -0.384. The van der Waals surface area contributed by atoms with Crippen LogP contribution in [0, 0.1) is 10.1 Å². The Hall–Kier alpha value is -2.15. The molecule has 2 N–H and O–H groups in total. The summed E-state index contributed by atoms with van der Waals surface area (Å²) in [4.78, 5) is 24.0. The third-order valence-electron chi connectivity index (χ3n) is 2.96. The molecule has 0 aliphatic rings. The average Bonchev–Trinajstić information content (AvgIpc) is 2.42. The molecule has 0 saturated heterocycles. The van der Waals surface area contributed by atoms with Gasteiger partial charge in [-0.3, -0.25) is 14.9 Å². The largest absolute Gasteiger partial charge is 0.389 e. The molecule has 7 nitrogen and oxygen atoms in total. The molecule has 0 saturated carbocycles. The monoisotopic (exact) mass is 295 g/mol. The third kappa shape index (κ3) is 4.42. The molecule has 1 aromatic carbocycles. The van der Waals surface area contributed by atoms with Crippen LogP contribution in [0.15, 0.2) is 18.2 Å². The number of nitrogens with one attached hydrogen (secondary N) is 1. The third-order valence-corrected chi connectivity index (χ3v) is 2.96. The topological polar surface area (TPSA) is 95.7 Å². The van der Waals surface area contributed by atoms with Crippen LogP contribution in [-0.2, 0) is 0 Å². The molecule has 0 aliphatic heterocycles. The lowest BCUT2D eigenvalue weighted by Crippen LogP contribution is -2.39. The molecule has 0 fully saturated rings. The number of amides is 1. The van der Waals surface area contributed by atoms with E-state index in [4.69, 9.17) is 0 Å².